The first-order chi connectivity index (χ1) is 18.1. The minimum Gasteiger partial charge on any atom is -0.402 e. The molecule has 3 rings (SSSR count). The van der Waals surface area contributed by atoms with Gasteiger partial charge in [0.05, 0.1) is 17.7 Å². The molecule has 1 heterocycles. The van der Waals surface area contributed by atoms with Gasteiger partial charge in [-0.3, -0.25) is 9.98 Å². The van der Waals surface area contributed by atoms with E-state index < -0.39 is 11.7 Å². The highest BCUT2D eigenvalue weighted by Crippen LogP contribution is 2.31. The molecule has 2 N–H and O–H groups in total. The molecule has 0 saturated carbocycles. The smallest absolute Gasteiger partial charge is 0.132 e. The SMILES string of the molecule is C=CC(=C)N1CCC(CC(/N=C\C)C(C(=C)N)/C(=N\C)c2ccc(Cc3c(F)ccc(C)c3C)cc2F)C1. The fraction of sp³-hybridized carbons (Fsp3) is 0.375. The second kappa shape index (κ2) is 12.8. The molecule has 2 aromatic rings. The lowest BCUT2D eigenvalue weighted by Crippen LogP contribution is -2.35. The normalized spacial score (nSPS) is 17.6. The van der Waals surface area contributed by atoms with Crippen LogP contribution in [0.3, 0.4) is 0 Å². The number of rotatable bonds is 11. The van der Waals surface area contributed by atoms with Gasteiger partial charge in [0.15, 0.2) is 0 Å². The number of allylic oxidation sites excluding steroid dienone is 1. The van der Waals surface area contributed by atoms with Crippen molar-refractivity contribution in [1.29, 1.82) is 0 Å². The van der Waals surface area contributed by atoms with Gasteiger partial charge in [0.25, 0.3) is 0 Å². The van der Waals surface area contributed by atoms with Gasteiger partial charge in [0.1, 0.15) is 11.6 Å². The standard InChI is InChI=1S/C32H40F2N4/c1-8-21(4)38-15-14-25(19-38)18-30(37-9-2)31(23(6)35)32(36-7)26-12-11-24(17-29(26)34)16-27-22(5)20(3)10-13-28(27)33/h8-13,17,25,30-31H,1,4,6,14-16,18-19,35H2,2-3,5,7H3/b36-32-,37-9-. The van der Waals surface area contributed by atoms with Gasteiger partial charge in [-0.15, -0.1) is 0 Å². The zero-order valence-electron chi connectivity index (χ0n) is 23.1. The number of aryl methyl sites for hydroxylation is 1. The van der Waals surface area contributed by atoms with Gasteiger partial charge in [-0.25, -0.2) is 8.78 Å². The largest absolute Gasteiger partial charge is 0.402 e. The van der Waals surface area contributed by atoms with Crippen LogP contribution in [0.25, 0.3) is 0 Å². The van der Waals surface area contributed by atoms with Crippen LogP contribution in [0.2, 0.25) is 0 Å². The molecule has 1 fully saturated rings. The average Bonchev–Trinajstić information content (AvgIpc) is 3.35. The van der Waals surface area contributed by atoms with Crippen molar-refractivity contribution in [2.24, 2.45) is 27.6 Å². The van der Waals surface area contributed by atoms with Gasteiger partial charge in [-0.05, 0) is 92.3 Å². The van der Waals surface area contributed by atoms with Gasteiger partial charge in [-0.2, -0.15) is 0 Å². The lowest BCUT2D eigenvalue weighted by atomic mass is 9.82. The molecule has 0 amide bonds. The Morgan fingerprint density at radius 3 is 2.53 bits per heavy atom. The molecule has 0 aromatic heterocycles. The number of halogens is 2. The number of nitrogens with two attached hydrogens (primary N) is 1. The van der Waals surface area contributed by atoms with Crippen LogP contribution in [-0.4, -0.2) is 43.0 Å². The van der Waals surface area contributed by atoms with Crippen LogP contribution in [0.1, 0.15) is 47.6 Å². The molecule has 1 saturated heterocycles. The van der Waals surface area contributed by atoms with E-state index in [4.69, 9.17) is 10.7 Å². The summed E-state index contributed by atoms with van der Waals surface area (Å²) in [6, 6.07) is 7.99. The van der Waals surface area contributed by atoms with E-state index in [0.717, 1.165) is 42.8 Å². The Balaban J connectivity index is 1.89. The number of hydrogen-bond acceptors (Lipinski definition) is 4. The summed E-state index contributed by atoms with van der Waals surface area (Å²) in [4.78, 5) is 11.5. The first-order valence-electron chi connectivity index (χ1n) is 13.1. The molecular formula is C32H40F2N4. The molecule has 2 aromatic carbocycles. The van der Waals surface area contributed by atoms with Crippen molar-refractivity contribution < 1.29 is 8.78 Å². The number of likely N-dealkylation sites (tertiary alicyclic amines) is 1. The maximum Gasteiger partial charge on any atom is 0.132 e. The van der Waals surface area contributed by atoms with Crippen LogP contribution in [0.15, 0.2) is 77.5 Å². The predicted molar refractivity (Wildman–Crippen MR) is 156 cm³/mol. The molecule has 0 aliphatic carbocycles. The maximum atomic E-state index is 15.6. The molecule has 0 spiro atoms. The molecule has 38 heavy (non-hydrogen) atoms. The van der Waals surface area contributed by atoms with Crippen molar-refractivity contribution in [3.8, 4) is 0 Å². The highest BCUT2D eigenvalue weighted by molar-refractivity contribution is 6.04. The van der Waals surface area contributed by atoms with Gasteiger partial charge in [0, 0.05) is 43.5 Å². The van der Waals surface area contributed by atoms with Gasteiger partial charge < -0.3 is 10.6 Å². The van der Waals surface area contributed by atoms with E-state index in [2.05, 4.69) is 29.6 Å². The monoisotopic (exact) mass is 518 g/mol. The van der Waals surface area contributed by atoms with E-state index in [1.807, 2.05) is 26.8 Å². The molecule has 3 unspecified atom stereocenters. The van der Waals surface area contributed by atoms with Crippen LogP contribution in [-0.2, 0) is 6.42 Å². The first kappa shape index (κ1) is 29.0. The van der Waals surface area contributed by atoms with Crippen molar-refractivity contribution in [2.45, 2.75) is 46.1 Å². The summed E-state index contributed by atoms with van der Waals surface area (Å²) in [6.07, 6.45) is 5.61. The van der Waals surface area contributed by atoms with Crippen molar-refractivity contribution >= 4 is 11.9 Å². The minimum atomic E-state index is -0.454. The summed E-state index contributed by atoms with van der Waals surface area (Å²) in [5, 5.41) is 0. The predicted octanol–water partition coefficient (Wildman–Crippen LogP) is 6.55. The third-order valence-electron chi connectivity index (χ3n) is 7.67. The van der Waals surface area contributed by atoms with Gasteiger partial charge in [0.2, 0.25) is 0 Å². The van der Waals surface area contributed by atoms with Crippen LogP contribution < -0.4 is 5.73 Å². The fourth-order valence-corrected chi connectivity index (χ4v) is 5.40. The summed E-state index contributed by atoms with van der Waals surface area (Å²) in [5.41, 5.74) is 11.7. The highest BCUT2D eigenvalue weighted by atomic mass is 19.1. The maximum absolute atomic E-state index is 15.6. The molecule has 0 bridgehead atoms. The van der Waals surface area contributed by atoms with E-state index >= 15 is 4.39 Å². The Morgan fingerprint density at radius 1 is 1.18 bits per heavy atom. The quantitative estimate of drug-likeness (QED) is 0.271. The number of nitrogens with zero attached hydrogens (tertiary/aromatic N) is 3. The van der Waals surface area contributed by atoms with E-state index in [1.165, 1.54) is 12.1 Å². The van der Waals surface area contributed by atoms with E-state index in [1.54, 1.807) is 31.5 Å². The number of aliphatic imine (C=N–C) groups is 2. The van der Waals surface area contributed by atoms with Crippen molar-refractivity contribution in [3.05, 3.63) is 107 Å². The third-order valence-corrected chi connectivity index (χ3v) is 7.67. The second-order valence-corrected chi connectivity index (χ2v) is 10.1. The summed E-state index contributed by atoms with van der Waals surface area (Å²) >= 11 is 0. The highest BCUT2D eigenvalue weighted by Gasteiger charge is 2.33. The second-order valence-electron chi connectivity index (χ2n) is 10.1. The summed E-state index contributed by atoms with van der Waals surface area (Å²) in [5.74, 6) is -0.784. The zero-order chi connectivity index (χ0) is 28.0. The lowest BCUT2D eigenvalue weighted by Gasteiger charge is -2.28. The molecule has 0 radical (unpaired) electrons. The van der Waals surface area contributed by atoms with Crippen molar-refractivity contribution in [1.82, 2.24) is 4.90 Å². The van der Waals surface area contributed by atoms with Crippen LogP contribution in [0.4, 0.5) is 8.78 Å². The van der Waals surface area contributed by atoms with Crippen LogP contribution in [0, 0.1) is 37.3 Å². The molecule has 3 atom stereocenters. The third kappa shape index (κ3) is 6.47. The van der Waals surface area contributed by atoms with Crippen LogP contribution >= 0.6 is 0 Å². The van der Waals surface area contributed by atoms with Crippen LogP contribution in [0.5, 0.6) is 0 Å². The summed E-state index contributed by atoms with van der Waals surface area (Å²) in [6.45, 7) is 19.4. The Bertz CT molecular complexity index is 1260. The van der Waals surface area contributed by atoms with E-state index in [0.29, 0.717) is 40.4 Å². The van der Waals surface area contributed by atoms with Crippen molar-refractivity contribution in [3.63, 3.8) is 0 Å². The van der Waals surface area contributed by atoms with E-state index in [9.17, 15) is 4.39 Å². The van der Waals surface area contributed by atoms with E-state index in [-0.39, 0.29) is 11.9 Å². The molecular weight excluding hydrogens is 478 g/mol. The van der Waals surface area contributed by atoms with Gasteiger partial charge in [-0.1, -0.05) is 31.9 Å². The molecule has 202 valence electrons. The topological polar surface area (TPSA) is 54.0 Å². The first-order valence-corrected chi connectivity index (χ1v) is 13.1. The zero-order valence-corrected chi connectivity index (χ0v) is 23.1. The number of hydrogen-bond donors (Lipinski definition) is 1. The molecule has 6 heteroatoms. The summed E-state index contributed by atoms with van der Waals surface area (Å²) in [7, 11) is 1.64. The van der Waals surface area contributed by atoms with Crippen molar-refractivity contribution in [2.75, 3.05) is 20.1 Å². The Morgan fingerprint density at radius 2 is 1.92 bits per heavy atom. The Hall–Kier alpha value is -3.54. The number of benzene rings is 2. The van der Waals surface area contributed by atoms with Gasteiger partial charge >= 0.3 is 0 Å². The Kier molecular flexibility index (Phi) is 9.78. The molecule has 1 aliphatic rings. The molecule has 1 aliphatic heterocycles. The fourth-order valence-electron chi connectivity index (χ4n) is 5.40. The Labute approximate surface area is 226 Å². The average molecular weight is 519 g/mol. The lowest BCUT2D eigenvalue weighted by molar-refractivity contribution is 0.381. The summed E-state index contributed by atoms with van der Waals surface area (Å²) < 4.78 is 30.1. The minimum absolute atomic E-state index is 0.235. The molecule has 4 nitrogen and oxygen atoms in total.